The summed E-state index contributed by atoms with van der Waals surface area (Å²) in [5.41, 5.74) is 0.338. The molecular weight excluding hydrogens is 271 g/mol. The van der Waals surface area contributed by atoms with Crippen LogP contribution in [0.4, 0.5) is 4.39 Å². The van der Waals surface area contributed by atoms with E-state index < -0.39 is 5.82 Å². The van der Waals surface area contributed by atoms with Gasteiger partial charge in [-0.25, -0.2) is 4.39 Å². The molecule has 1 atom stereocenters. The monoisotopic (exact) mass is 294 g/mol. The molecule has 0 radical (unpaired) electrons. The van der Waals surface area contributed by atoms with Gasteiger partial charge in [0.1, 0.15) is 5.82 Å². The number of carbonyl (C=O) groups is 1. The van der Waals surface area contributed by atoms with Gasteiger partial charge in [0, 0.05) is 31.7 Å². The summed E-state index contributed by atoms with van der Waals surface area (Å²) in [4.78, 5) is 14.3. The van der Waals surface area contributed by atoms with Crippen LogP contribution in [0.2, 0.25) is 0 Å². The molecule has 0 aromatic heterocycles. The molecule has 1 heterocycles. The molecule has 1 aliphatic heterocycles. The normalized spacial score (nSPS) is 19.7. The predicted octanol–water partition coefficient (Wildman–Crippen LogP) is 1.91. The van der Waals surface area contributed by atoms with E-state index in [0.717, 1.165) is 19.6 Å². The zero-order valence-corrected chi connectivity index (χ0v) is 12.6. The molecule has 1 aromatic rings. The molecule has 1 saturated heterocycles. The van der Waals surface area contributed by atoms with Crippen molar-refractivity contribution >= 4 is 5.91 Å². The van der Waals surface area contributed by atoms with Gasteiger partial charge in [-0.05, 0) is 24.1 Å². The Bertz CT molecular complexity index is 479. The van der Waals surface area contributed by atoms with Crippen molar-refractivity contribution in [2.45, 2.75) is 20.0 Å². The van der Waals surface area contributed by atoms with Crippen LogP contribution < -0.4 is 5.32 Å². The van der Waals surface area contributed by atoms with E-state index in [1.165, 1.54) is 18.2 Å². The fraction of sp³-hybridized carbons (Fsp3) is 0.562. The van der Waals surface area contributed by atoms with Gasteiger partial charge in [-0.3, -0.25) is 9.69 Å². The van der Waals surface area contributed by atoms with Crippen LogP contribution in [-0.4, -0.2) is 49.7 Å². The van der Waals surface area contributed by atoms with E-state index >= 15 is 0 Å². The SMILES string of the molecule is CC(C)CN1CCOC(CNC(=O)c2cccc(F)c2)C1. The molecule has 1 fully saturated rings. The highest BCUT2D eigenvalue weighted by atomic mass is 19.1. The number of hydrogen-bond donors (Lipinski definition) is 1. The number of halogens is 1. The number of ether oxygens (including phenoxy) is 1. The van der Waals surface area contributed by atoms with Crippen molar-refractivity contribution < 1.29 is 13.9 Å². The van der Waals surface area contributed by atoms with Crippen LogP contribution >= 0.6 is 0 Å². The highest BCUT2D eigenvalue weighted by Crippen LogP contribution is 2.08. The van der Waals surface area contributed by atoms with Crippen molar-refractivity contribution in [2.75, 3.05) is 32.8 Å². The number of carbonyl (C=O) groups excluding carboxylic acids is 1. The molecule has 4 nitrogen and oxygen atoms in total. The summed E-state index contributed by atoms with van der Waals surface area (Å²) in [6.07, 6.45) is -0.00462. The fourth-order valence-electron chi connectivity index (χ4n) is 2.52. The Labute approximate surface area is 125 Å². The van der Waals surface area contributed by atoms with Crippen LogP contribution in [0.5, 0.6) is 0 Å². The molecule has 0 bridgehead atoms. The molecule has 5 heteroatoms. The van der Waals surface area contributed by atoms with E-state index in [9.17, 15) is 9.18 Å². The Kier molecular flexibility index (Phi) is 5.70. The van der Waals surface area contributed by atoms with Gasteiger partial charge in [-0.1, -0.05) is 19.9 Å². The molecule has 1 unspecified atom stereocenters. The highest BCUT2D eigenvalue weighted by molar-refractivity contribution is 5.94. The highest BCUT2D eigenvalue weighted by Gasteiger charge is 2.21. The number of rotatable bonds is 5. The third kappa shape index (κ3) is 5.10. The third-order valence-corrected chi connectivity index (χ3v) is 3.42. The van der Waals surface area contributed by atoms with E-state index in [2.05, 4.69) is 24.1 Å². The fourth-order valence-corrected chi connectivity index (χ4v) is 2.52. The van der Waals surface area contributed by atoms with Gasteiger partial charge in [0.2, 0.25) is 0 Å². The quantitative estimate of drug-likeness (QED) is 0.902. The van der Waals surface area contributed by atoms with Gasteiger partial charge in [-0.2, -0.15) is 0 Å². The summed E-state index contributed by atoms with van der Waals surface area (Å²) in [5, 5.41) is 2.81. The van der Waals surface area contributed by atoms with Gasteiger partial charge in [0.05, 0.1) is 12.7 Å². The maximum absolute atomic E-state index is 13.1. The summed E-state index contributed by atoms with van der Waals surface area (Å²) in [6, 6.07) is 5.70. The number of hydrogen-bond acceptors (Lipinski definition) is 3. The first-order valence-electron chi connectivity index (χ1n) is 7.42. The summed E-state index contributed by atoms with van der Waals surface area (Å²) >= 11 is 0. The molecule has 116 valence electrons. The molecule has 1 aromatic carbocycles. The molecular formula is C16H23FN2O2. The Morgan fingerprint density at radius 2 is 2.33 bits per heavy atom. The molecule has 1 N–H and O–H groups in total. The standard InChI is InChI=1S/C16H23FN2O2/c1-12(2)10-19-6-7-21-15(11-19)9-18-16(20)13-4-3-5-14(17)8-13/h3-5,8,12,15H,6-7,9-11H2,1-2H3,(H,18,20). The second-order valence-corrected chi connectivity index (χ2v) is 5.87. The van der Waals surface area contributed by atoms with Crippen LogP contribution in [0.15, 0.2) is 24.3 Å². The lowest BCUT2D eigenvalue weighted by molar-refractivity contribution is -0.0295. The third-order valence-electron chi connectivity index (χ3n) is 3.42. The maximum atomic E-state index is 13.1. The first-order chi connectivity index (χ1) is 10.0. The lowest BCUT2D eigenvalue weighted by atomic mass is 10.1. The Morgan fingerprint density at radius 1 is 1.52 bits per heavy atom. The molecule has 21 heavy (non-hydrogen) atoms. The molecule has 0 saturated carbocycles. The van der Waals surface area contributed by atoms with Crippen LogP contribution in [0, 0.1) is 11.7 Å². The minimum Gasteiger partial charge on any atom is -0.374 e. The van der Waals surface area contributed by atoms with Crippen molar-refractivity contribution in [3.8, 4) is 0 Å². The van der Waals surface area contributed by atoms with Gasteiger partial charge >= 0.3 is 0 Å². The van der Waals surface area contributed by atoms with Gasteiger partial charge in [0.25, 0.3) is 5.91 Å². The smallest absolute Gasteiger partial charge is 0.251 e. The summed E-state index contributed by atoms with van der Waals surface area (Å²) in [5.74, 6) is -0.0515. The molecule has 1 amide bonds. The van der Waals surface area contributed by atoms with Crippen molar-refractivity contribution in [1.82, 2.24) is 10.2 Å². The predicted molar refractivity (Wildman–Crippen MR) is 79.8 cm³/mol. The van der Waals surface area contributed by atoms with Gasteiger partial charge in [0.15, 0.2) is 0 Å². The average Bonchev–Trinajstić information content (AvgIpc) is 2.44. The Morgan fingerprint density at radius 3 is 3.05 bits per heavy atom. The number of amides is 1. The molecule has 0 aliphatic carbocycles. The second-order valence-electron chi connectivity index (χ2n) is 5.87. The van der Waals surface area contributed by atoms with Crippen LogP contribution in [0.25, 0.3) is 0 Å². The minimum absolute atomic E-state index is 0.00462. The first-order valence-corrected chi connectivity index (χ1v) is 7.42. The first kappa shape index (κ1) is 15.9. The topological polar surface area (TPSA) is 41.6 Å². The largest absolute Gasteiger partial charge is 0.374 e. The summed E-state index contributed by atoms with van der Waals surface area (Å²) < 4.78 is 18.8. The van der Waals surface area contributed by atoms with Crippen molar-refractivity contribution in [3.05, 3.63) is 35.6 Å². The molecule has 2 rings (SSSR count). The number of nitrogens with one attached hydrogen (secondary N) is 1. The van der Waals surface area contributed by atoms with E-state index in [1.54, 1.807) is 6.07 Å². The summed E-state index contributed by atoms with van der Waals surface area (Å²) in [7, 11) is 0. The number of morpholine rings is 1. The lowest BCUT2D eigenvalue weighted by Gasteiger charge is -2.33. The number of nitrogens with zero attached hydrogens (tertiary/aromatic N) is 1. The lowest BCUT2D eigenvalue weighted by Crippen LogP contribution is -2.48. The van der Waals surface area contributed by atoms with Crippen LogP contribution in [-0.2, 0) is 4.74 Å². The van der Waals surface area contributed by atoms with E-state index in [1.807, 2.05) is 0 Å². The summed E-state index contributed by atoms with van der Waals surface area (Å²) in [6.45, 7) is 8.31. The van der Waals surface area contributed by atoms with Crippen LogP contribution in [0.1, 0.15) is 24.2 Å². The number of benzene rings is 1. The zero-order chi connectivity index (χ0) is 15.2. The van der Waals surface area contributed by atoms with Gasteiger partial charge < -0.3 is 10.1 Å². The Balaban J connectivity index is 1.81. The maximum Gasteiger partial charge on any atom is 0.251 e. The molecule has 0 spiro atoms. The van der Waals surface area contributed by atoms with Crippen molar-refractivity contribution in [3.63, 3.8) is 0 Å². The van der Waals surface area contributed by atoms with Crippen LogP contribution in [0.3, 0.4) is 0 Å². The second kappa shape index (κ2) is 7.52. The zero-order valence-electron chi connectivity index (χ0n) is 12.6. The minimum atomic E-state index is -0.403. The van der Waals surface area contributed by atoms with Crippen molar-refractivity contribution in [2.24, 2.45) is 5.92 Å². The average molecular weight is 294 g/mol. The molecule has 1 aliphatic rings. The van der Waals surface area contributed by atoms with E-state index in [4.69, 9.17) is 4.74 Å². The Hall–Kier alpha value is -1.46. The van der Waals surface area contributed by atoms with E-state index in [-0.39, 0.29) is 12.0 Å². The van der Waals surface area contributed by atoms with Gasteiger partial charge in [-0.15, -0.1) is 0 Å². The van der Waals surface area contributed by atoms with Crippen molar-refractivity contribution in [1.29, 1.82) is 0 Å². The van der Waals surface area contributed by atoms with E-state index in [0.29, 0.717) is 24.6 Å².